The minimum atomic E-state index is -1.81. The lowest BCUT2D eigenvalue weighted by molar-refractivity contribution is -0.0891. The van der Waals surface area contributed by atoms with E-state index in [1.54, 1.807) is 0 Å². The van der Waals surface area contributed by atoms with Crippen LogP contribution in [0.3, 0.4) is 0 Å². The molecule has 0 amide bonds. The van der Waals surface area contributed by atoms with Crippen LogP contribution < -0.4 is 0 Å². The van der Waals surface area contributed by atoms with E-state index in [0.29, 0.717) is 13.2 Å². The van der Waals surface area contributed by atoms with Crippen molar-refractivity contribution in [2.24, 2.45) is 0 Å². The molecule has 0 aliphatic rings. The van der Waals surface area contributed by atoms with E-state index >= 15 is 0 Å². The van der Waals surface area contributed by atoms with Gasteiger partial charge in [0, 0.05) is 6.42 Å². The molecule has 0 saturated heterocycles. The Labute approximate surface area is 130 Å². The fraction of sp³-hybridized carbons (Fsp3) is 0.750. The van der Waals surface area contributed by atoms with Gasteiger partial charge in [-0.05, 0) is 18.1 Å². The fourth-order valence-corrected chi connectivity index (χ4v) is 2.53. The van der Waals surface area contributed by atoms with E-state index < -0.39 is 26.6 Å². The molecule has 0 fully saturated rings. The molecule has 4 nitrogen and oxygen atoms in total. The van der Waals surface area contributed by atoms with Gasteiger partial charge in [0.1, 0.15) is 12.2 Å². The Kier molecular flexibility index (Phi) is 8.45. The van der Waals surface area contributed by atoms with Crippen molar-refractivity contribution in [3.63, 3.8) is 0 Å². The molecule has 0 aromatic rings. The van der Waals surface area contributed by atoms with Crippen LogP contribution in [-0.4, -0.2) is 50.1 Å². The number of ether oxygens (including phenoxy) is 1. The molecule has 2 N–H and O–H groups in total. The summed E-state index contributed by atoms with van der Waals surface area (Å²) in [6, 6.07) is 0. The van der Waals surface area contributed by atoms with Crippen LogP contribution in [0.1, 0.15) is 27.2 Å². The van der Waals surface area contributed by atoms with Gasteiger partial charge in [0.15, 0.2) is 8.32 Å². The number of rotatable bonds is 9. The first-order chi connectivity index (χ1) is 9.56. The van der Waals surface area contributed by atoms with Crippen LogP contribution in [0.15, 0.2) is 12.7 Å². The number of hydrogen-bond acceptors (Lipinski definition) is 4. The summed E-state index contributed by atoms with van der Waals surface area (Å²) in [6.07, 6.45) is 3.98. The molecule has 0 unspecified atom stereocenters. The van der Waals surface area contributed by atoms with Gasteiger partial charge in [0.2, 0.25) is 0 Å². The lowest BCUT2D eigenvalue weighted by atomic mass is 10.1. The van der Waals surface area contributed by atoms with Gasteiger partial charge in [-0.15, -0.1) is 18.9 Å². The smallest absolute Gasteiger partial charge is 0.192 e. The zero-order valence-electron chi connectivity index (χ0n) is 13.9. The van der Waals surface area contributed by atoms with Gasteiger partial charge in [-0.25, -0.2) is 0 Å². The van der Waals surface area contributed by atoms with E-state index in [1.165, 1.54) is 6.08 Å². The molecule has 0 aromatic carbocycles. The molecule has 0 rings (SSSR count). The predicted molar refractivity (Wildman–Crippen MR) is 88.5 cm³/mol. The summed E-state index contributed by atoms with van der Waals surface area (Å²) in [6.45, 7) is 15.1. The average molecular weight is 314 g/mol. The Balaban J connectivity index is 4.40. The van der Waals surface area contributed by atoms with Crippen molar-refractivity contribution in [3.8, 4) is 12.3 Å². The van der Waals surface area contributed by atoms with Crippen LogP contribution in [0.2, 0.25) is 18.1 Å². The molecule has 0 aromatic heterocycles. The van der Waals surface area contributed by atoms with Gasteiger partial charge < -0.3 is 19.4 Å². The van der Waals surface area contributed by atoms with Crippen LogP contribution in [0.25, 0.3) is 0 Å². The van der Waals surface area contributed by atoms with E-state index in [-0.39, 0.29) is 11.5 Å². The molecule has 0 radical (unpaired) electrons. The lowest BCUT2D eigenvalue weighted by Gasteiger charge is -2.36. The first-order valence-electron chi connectivity index (χ1n) is 7.24. The second-order valence-corrected chi connectivity index (χ2v) is 11.5. The Hall–Kier alpha value is -0.643. The van der Waals surface area contributed by atoms with Crippen LogP contribution in [0.4, 0.5) is 0 Å². The van der Waals surface area contributed by atoms with E-state index in [4.69, 9.17) is 15.6 Å². The summed E-state index contributed by atoms with van der Waals surface area (Å²) in [4.78, 5) is 0. The summed E-state index contributed by atoms with van der Waals surface area (Å²) in [5.41, 5.74) is 0. The van der Waals surface area contributed by atoms with Crippen molar-refractivity contribution in [1.82, 2.24) is 0 Å². The first kappa shape index (κ1) is 20.4. The number of aliphatic hydroxyl groups is 2. The highest BCUT2D eigenvalue weighted by Gasteiger charge is 2.37. The van der Waals surface area contributed by atoms with E-state index in [1.807, 2.05) is 0 Å². The highest BCUT2D eigenvalue weighted by atomic mass is 28.4. The van der Waals surface area contributed by atoms with Gasteiger partial charge in [0.25, 0.3) is 0 Å². The molecule has 122 valence electrons. The maximum Gasteiger partial charge on any atom is 0.192 e. The van der Waals surface area contributed by atoms with Crippen molar-refractivity contribution >= 4 is 8.32 Å². The molecule has 5 heteroatoms. The standard InChI is InChI=1S/C16H30O4Si/c1-8-10-14(18)15(13(17)9-2)19-11-12-20-21(6,7)16(3,4)5/h1,9,13-15,17-18H,2,10-12H2,3-7H3/t13-,14-,15-/m1/s1. The summed E-state index contributed by atoms with van der Waals surface area (Å²) in [7, 11) is -1.81. The quantitative estimate of drug-likeness (QED) is 0.297. The number of terminal acetylenes is 1. The molecule has 0 aliphatic carbocycles. The largest absolute Gasteiger partial charge is 0.414 e. The molecule has 0 aliphatic heterocycles. The third-order valence-electron chi connectivity index (χ3n) is 3.95. The summed E-state index contributed by atoms with van der Waals surface area (Å²) in [5.74, 6) is 2.36. The maximum atomic E-state index is 9.89. The maximum absolute atomic E-state index is 9.89. The second kappa shape index (κ2) is 8.72. The summed E-state index contributed by atoms with van der Waals surface area (Å²) in [5, 5.41) is 19.8. The third kappa shape index (κ3) is 6.77. The Morgan fingerprint density at radius 3 is 2.29 bits per heavy atom. The molecule has 0 heterocycles. The fourth-order valence-electron chi connectivity index (χ4n) is 1.51. The van der Waals surface area contributed by atoms with Crippen molar-refractivity contribution in [1.29, 1.82) is 0 Å². The summed E-state index contributed by atoms with van der Waals surface area (Å²) < 4.78 is 11.5. The van der Waals surface area contributed by atoms with E-state index in [0.717, 1.165) is 0 Å². The third-order valence-corrected chi connectivity index (χ3v) is 8.49. The minimum Gasteiger partial charge on any atom is -0.414 e. The molecule has 3 atom stereocenters. The van der Waals surface area contributed by atoms with Gasteiger partial charge in [0.05, 0.1) is 19.3 Å². The molecular formula is C16H30O4Si. The predicted octanol–water partition coefficient (Wildman–Crippen LogP) is 2.32. The van der Waals surface area contributed by atoms with Crippen molar-refractivity contribution in [2.75, 3.05) is 13.2 Å². The first-order valence-corrected chi connectivity index (χ1v) is 10.2. The van der Waals surface area contributed by atoms with Crippen molar-refractivity contribution in [2.45, 2.75) is 63.6 Å². The Morgan fingerprint density at radius 1 is 1.29 bits per heavy atom. The molecular weight excluding hydrogens is 284 g/mol. The zero-order valence-corrected chi connectivity index (χ0v) is 14.9. The Morgan fingerprint density at radius 2 is 1.86 bits per heavy atom. The van der Waals surface area contributed by atoms with Gasteiger partial charge in [-0.3, -0.25) is 0 Å². The van der Waals surface area contributed by atoms with Crippen molar-refractivity contribution < 1.29 is 19.4 Å². The second-order valence-electron chi connectivity index (χ2n) is 6.65. The normalized spacial score (nSPS) is 16.9. The minimum absolute atomic E-state index is 0.124. The lowest BCUT2D eigenvalue weighted by Crippen LogP contribution is -2.43. The van der Waals surface area contributed by atoms with Crippen LogP contribution in [-0.2, 0) is 9.16 Å². The molecule has 0 bridgehead atoms. The highest BCUT2D eigenvalue weighted by molar-refractivity contribution is 6.74. The number of aliphatic hydroxyl groups excluding tert-OH is 2. The van der Waals surface area contributed by atoms with Crippen molar-refractivity contribution in [3.05, 3.63) is 12.7 Å². The Bertz CT molecular complexity index is 354. The number of hydrogen-bond donors (Lipinski definition) is 2. The topological polar surface area (TPSA) is 58.9 Å². The van der Waals surface area contributed by atoms with E-state index in [9.17, 15) is 10.2 Å². The van der Waals surface area contributed by atoms with Gasteiger partial charge in [-0.2, -0.15) is 0 Å². The van der Waals surface area contributed by atoms with Crippen LogP contribution >= 0.6 is 0 Å². The zero-order chi connectivity index (χ0) is 16.7. The van der Waals surface area contributed by atoms with Gasteiger partial charge >= 0.3 is 0 Å². The molecule has 21 heavy (non-hydrogen) atoms. The average Bonchev–Trinajstić information content (AvgIpc) is 2.36. The SMILES string of the molecule is C#CC[C@@H](O)[C@H](OCCO[Si](C)(C)C(C)(C)C)[C@H](O)C=C. The van der Waals surface area contributed by atoms with Crippen LogP contribution in [0.5, 0.6) is 0 Å². The molecule has 0 spiro atoms. The van der Waals surface area contributed by atoms with E-state index in [2.05, 4.69) is 46.4 Å². The van der Waals surface area contributed by atoms with Crippen LogP contribution in [0, 0.1) is 12.3 Å². The highest BCUT2D eigenvalue weighted by Crippen LogP contribution is 2.36. The summed E-state index contributed by atoms with van der Waals surface area (Å²) >= 11 is 0. The monoisotopic (exact) mass is 314 g/mol. The molecule has 0 saturated carbocycles. The van der Waals surface area contributed by atoms with Gasteiger partial charge in [-0.1, -0.05) is 26.8 Å².